The van der Waals surface area contributed by atoms with Crippen LogP contribution in [0.1, 0.15) is 35.7 Å². The maximum absolute atomic E-state index is 12.9. The molecular formula is C21H25N3O2. The Balaban J connectivity index is 1.78. The van der Waals surface area contributed by atoms with Gasteiger partial charge in [-0.2, -0.15) is 0 Å². The molecule has 26 heavy (non-hydrogen) atoms. The molecule has 2 amide bonds. The van der Waals surface area contributed by atoms with E-state index in [1.54, 1.807) is 29.2 Å². The van der Waals surface area contributed by atoms with Gasteiger partial charge in [-0.05, 0) is 30.2 Å². The topological polar surface area (TPSA) is 66.6 Å². The van der Waals surface area contributed by atoms with Gasteiger partial charge in [-0.3, -0.25) is 9.59 Å². The zero-order chi connectivity index (χ0) is 18.5. The molecule has 0 aromatic heterocycles. The Labute approximate surface area is 154 Å². The molecule has 0 aliphatic carbocycles. The number of nitrogens with two attached hydrogens (primary N) is 1. The average Bonchev–Trinajstić information content (AvgIpc) is 2.81. The summed E-state index contributed by atoms with van der Waals surface area (Å²) in [6.07, 6.45) is 1.15. The minimum Gasteiger partial charge on any atom is -0.399 e. The van der Waals surface area contributed by atoms with E-state index in [-0.39, 0.29) is 17.9 Å². The molecule has 0 bridgehead atoms. The summed E-state index contributed by atoms with van der Waals surface area (Å²) in [6, 6.07) is 17.0. The summed E-state index contributed by atoms with van der Waals surface area (Å²) in [5.74, 6) is 0.0358. The van der Waals surface area contributed by atoms with E-state index in [1.165, 1.54) is 0 Å². The van der Waals surface area contributed by atoms with Crippen molar-refractivity contribution in [2.24, 2.45) is 0 Å². The van der Waals surface area contributed by atoms with E-state index in [9.17, 15) is 9.59 Å². The van der Waals surface area contributed by atoms with Gasteiger partial charge >= 0.3 is 0 Å². The van der Waals surface area contributed by atoms with Crippen LogP contribution in [0.2, 0.25) is 0 Å². The van der Waals surface area contributed by atoms with Crippen molar-refractivity contribution in [3.05, 3.63) is 65.7 Å². The first-order chi connectivity index (χ1) is 12.6. The molecular weight excluding hydrogens is 326 g/mol. The maximum atomic E-state index is 12.9. The molecule has 2 aromatic carbocycles. The first-order valence-corrected chi connectivity index (χ1v) is 9.06. The Morgan fingerprint density at radius 2 is 1.92 bits per heavy atom. The normalized spacial score (nSPS) is 17.9. The van der Waals surface area contributed by atoms with E-state index in [2.05, 4.69) is 6.92 Å². The molecule has 1 aliphatic heterocycles. The first kappa shape index (κ1) is 18.0. The third-order valence-corrected chi connectivity index (χ3v) is 4.88. The highest BCUT2D eigenvalue weighted by atomic mass is 16.2. The Bertz CT molecular complexity index is 776. The van der Waals surface area contributed by atoms with Gasteiger partial charge in [-0.15, -0.1) is 0 Å². The smallest absolute Gasteiger partial charge is 0.254 e. The SMILES string of the molecule is CCC1CN(C(=O)c2cccc(N)c2)CCC(=O)N1Cc1ccccc1. The summed E-state index contributed by atoms with van der Waals surface area (Å²) in [5.41, 5.74) is 8.06. The van der Waals surface area contributed by atoms with E-state index in [1.807, 2.05) is 35.2 Å². The molecule has 5 heteroatoms. The number of nitrogen functional groups attached to an aromatic ring is 1. The summed E-state index contributed by atoms with van der Waals surface area (Å²) >= 11 is 0. The van der Waals surface area contributed by atoms with Crippen LogP contribution in [0.25, 0.3) is 0 Å². The maximum Gasteiger partial charge on any atom is 0.254 e. The fraction of sp³-hybridized carbons (Fsp3) is 0.333. The Hall–Kier alpha value is -2.82. The van der Waals surface area contributed by atoms with Crippen LogP contribution in [0, 0.1) is 0 Å². The quantitative estimate of drug-likeness (QED) is 0.861. The average molecular weight is 351 g/mol. The van der Waals surface area contributed by atoms with Gasteiger partial charge in [0.25, 0.3) is 5.91 Å². The van der Waals surface area contributed by atoms with Gasteiger partial charge in [-0.1, -0.05) is 43.3 Å². The minimum atomic E-state index is -0.0647. The lowest BCUT2D eigenvalue weighted by Crippen LogP contribution is -2.43. The second-order valence-electron chi connectivity index (χ2n) is 6.70. The lowest BCUT2D eigenvalue weighted by Gasteiger charge is -2.31. The van der Waals surface area contributed by atoms with Crippen molar-refractivity contribution in [1.82, 2.24) is 9.80 Å². The molecule has 1 aliphatic rings. The second-order valence-corrected chi connectivity index (χ2v) is 6.70. The molecule has 0 spiro atoms. The van der Waals surface area contributed by atoms with Crippen molar-refractivity contribution < 1.29 is 9.59 Å². The van der Waals surface area contributed by atoms with E-state index >= 15 is 0 Å². The largest absolute Gasteiger partial charge is 0.399 e. The van der Waals surface area contributed by atoms with Crippen LogP contribution in [0.3, 0.4) is 0 Å². The van der Waals surface area contributed by atoms with Crippen molar-refractivity contribution >= 4 is 17.5 Å². The van der Waals surface area contributed by atoms with Gasteiger partial charge in [-0.25, -0.2) is 0 Å². The van der Waals surface area contributed by atoms with Crippen molar-refractivity contribution in [3.63, 3.8) is 0 Å². The van der Waals surface area contributed by atoms with Gasteiger partial charge in [0.2, 0.25) is 5.91 Å². The summed E-state index contributed by atoms with van der Waals surface area (Å²) in [4.78, 5) is 29.3. The second kappa shape index (κ2) is 8.04. The molecule has 1 atom stereocenters. The number of anilines is 1. The van der Waals surface area contributed by atoms with Crippen LogP contribution >= 0.6 is 0 Å². The predicted octanol–water partition coefficient (Wildman–Crippen LogP) is 2.92. The summed E-state index contributed by atoms with van der Waals surface area (Å²) in [7, 11) is 0. The van der Waals surface area contributed by atoms with Crippen LogP contribution in [-0.4, -0.2) is 40.7 Å². The summed E-state index contributed by atoms with van der Waals surface area (Å²) < 4.78 is 0. The molecule has 0 saturated carbocycles. The van der Waals surface area contributed by atoms with Crippen LogP contribution in [0.15, 0.2) is 54.6 Å². The van der Waals surface area contributed by atoms with Crippen molar-refractivity contribution in [2.75, 3.05) is 18.8 Å². The molecule has 3 rings (SSSR count). The van der Waals surface area contributed by atoms with Crippen LogP contribution in [-0.2, 0) is 11.3 Å². The third-order valence-electron chi connectivity index (χ3n) is 4.88. The number of benzene rings is 2. The van der Waals surface area contributed by atoms with Crippen molar-refractivity contribution in [3.8, 4) is 0 Å². The van der Waals surface area contributed by atoms with Crippen molar-refractivity contribution in [1.29, 1.82) is 0 Å². The van der Waals surface area contributed by atoms with Gasteiger partial charge in [0.15, 0.2) is 0 Å². The molecule has 136 valence electrons. The molecule has 1 heterocycles. The highest BCUT2D eigenvalue weighted by molar-refractivity contribution is 5.95. The van der Waals surface area contributed by atoms with Gasteiger partial charge in [0.1, 0.15) is 0 Å². The van der Waals surface area contributed by atoms with E-state index in [0.717, 1.165) is 12.0 Å². The molecule has 1 unspecified atom stereocenters. The van der Waals surface area contributed by atoms with Crippen LogP contribution < -0.4 is 5.73 Å². The number of amides is 2. The number of carbonyl (C=O) groups excluding carboxylic acids is 2. The highest BCUT2D eigenvalue weighted by Crippen LogP contribution is 2.20. The van der Waals surface area contributed by atoms with Crippen LogP contribution in [0.5, 0.6) is 0 Å². The van der Waals surface area contributed by atoms with Crippen molar-refractivity contribution in [2.45, 2.75) is 32.4 Å². The third kappa shape index (κ3) is 4.04. The Morgan fingerprint density at radius 3 is 2.62 bits per heavy atom. The highest BCUT2D eigenvalue weighted by Gasteiger charge is 2.31. The molecule has 5 nitrogen and oxygen atoms in total. The first-order valence-electron chi connectivity index (χ1n) is 9.06. The zero-order valence-corrected chi connectivity index (χ0v) is 15.1. The van der Waals surface area contributed by atoms with Gasteiger partial charge < -0.3 is 15.5 Å². The number of rotatable bonds is 4. The van der Waals surface area contributed by atoms with E-state index in [4.69, 9.17) is 5.73 Å². The number of hydrogen-bond acceptors (Lipinski definition) is 3. The fourth-order valence-corrected chi connectivity index (χ4v) is 3.41. The summed E-state index contributed by atoms with van der Waals surface area (Å²) in [5, 5.41) is 0. The monoisotopic (exact) mass is 351 g/mol. The molecule has 0 radical (unpaired) electrons. The van der Waals surface area contributed by atoms with Crippen LogP contribution in [0.4, 0.5) is 5.69 Å². The predicted molar refractivity (Wildman–Crippen MR) is 102 cm³/mol. The Kier molecular flexibility index (Phi) is 5.56. The standard InChI is InChI=1S/C21H25N3O2/c1-2-19-15-23(21(26)17-9-6-10-18(22)13-17)12-11-20(25)24(19)14-16-7-4-3-5-8-16/h3-10,13,19H,2,11-12,14-15,22H2,1H3. The number of nitrogens with zero attached hydrogens (tertiary/aromatic N) is 2. The lowest BCUT2D eigenvalue weighted by atomic mass is 10.1. The Morgan fingerprint density at radius 1 is 1.15 bits per heavy atom. The molecule has 2 N–H and O–H groups in total. The van der Waals surface area contributed by atoms with E-state index < -0.39 is 0 Å². The molecule has 2 aromatic rings. The minimum absolute atomic E-state index is 0.00946. The summed E-state index contributed by atoms with van der Waals surface area (Å²) in [6.45, 7) is 3.62. The molecule has 1 saturated heterocycles. The number of hydrogen-bond donors (Lipinski definition) is 1. The van der Waals surface area contributed by atoms with Gasteiger partial charge in [0.05, 0.1) is 0 Å². The lowest BCUT2D eigenvalue weighted by molar-refractivity contribution is -0.133. The fourth-order valence-electron chi connectivity index (χ4n) is 3.41. The van der Waals surface area contributed by atoms with Gasteiger partial charge in [0, 0.05) is 43.3 Å². The zero-order valence-electron chi connectivity index (χ0n) is 15.1. The number of carbonyl (C=O) groups is 2. The van der Waals surface area contributed by atoms with E-state index in [0.29, 0.717) is 37.3 Å². The molecule has 1 fully saturated rings.